The maximum absolute atomic E-state index is 14.0. The molecule has 13 heteroatoms. The highest BCUT2D eigenvalue weighted by Crippen LogP contribution is 2.30. The molecule has 1 heterocycles. The summed E-state index contributed by atoms with van der Waals surface area (Å²) in [5.41, 5.74) is 7.03. The van der Waals surface area contributed by atoms with Gasteiger partial charge in [-0.05, 0) is 50.3 Å². The Morgan fingerprint density at radius 2 is 1.78 bits per heavy atom. The number of rotatable bonds is 8. The lowest BCUT2D eigenvalue weighted by Crippen LogP contribution is -2.37. The van der Waals surface area contributed by atoms with Gasteiger partial charge in [0, 0.05) is 55.5 Å². The molecule has 272 valence electrons. The lowest BCUT2D eigenvalue weighted by molar-refractivity contribution is -0.120. The fourth-order valence-electron chi connectivity index (χ4n) is 5.96. The minimum absolute atomic E-state index is 0.103. The average molecular weight is 696 g/mol. The second-order valence-electron chi connectivity index (χ2n) is 12.5. The Labute approximate surface area is 293 Å². The maximum atomic E-state index is 14.0. The molecule has 6 atom stereocenters. The van der Waals surface area contributed by atoms with Crippen LogP contribution in [0.2, 0.25) is 0 Å². The minimum atomic E-state index is -1.01. The molecule has 0 unspecified atom stereocenters. The zero-order valence-corrected chi connectivity index (χ0v) is 29.9. The number of nitrogens with two attached hydrogens (primary N) is 1. The van der Waals surface area contributed by atoms with Gasteiger partial charge in [-0.3, -0.25) is 14.4 Å². The first-order valence-corrected chi connectivity index (χ1v) is 16.3. The number of Topliss-reactive ketones (excluding diaryl/α,β-unsaturated/α-hetero) is 1. The molecule has 5 N–H and O–H groups in total. The third kappa shape index (κ3) is 10.2. The molecule has 2 aliphatic rings. The highest BCUT2D eigenvalue weighted by atomic mass is 16.6. The molecule has 1 aromatic carbocycles. The predicted molar refractivity (Wildman–Crippen MR) is 186 cm³/mol. The summed E-state index contributed by atoms with van der Waals surface area (Å²) in [4.78, 5) is 52.6. The van der Waals surface area contributed by atoms with Gasteiger partial charge in [-0.1, -0.05) is 38.2 Å². The van der Waals surface area contributed by atoms with Crippen LogP contribution in [-0.4, -0.2) is 81.5 Å². The highest BCUT2D eigenvalue weighted by molar-refractivity contribution is 6.23. The first kappa shape index (κ1) is 39.7. The van der Waals surface area contributed by atoms with Crippen LogP contribution < -0.4 is 25.8 Å². The van der Waals surface area contributed by atoms with Crippen molar-refractivity contribution in [3.8, 4) is 11.5 Å². The number of ether oxygens (including phenoxy) is 5. The lowest BCUT2D eigenvalue weighted by atomic mass is 9.85. The summed E-state index contributed by atoms with van der Waals surface area (Å²) in [7, 11) is 5.98. The summed E-state index contributed by atoms with van der Waals surface area (Å²) in [6, 6.07) is 5.28. The number of ketones is 2. The van der Waals surface area contributed by atoms with E-state index in [-0.39, 0.29) is 41.4 Å². The molecule has 2 bridgehead atoms. The number of fused-ring (bicyclic) bond motifs is 2. The smallest absolute Gasteiger partial charge is 0.405 e. The quantitative estimate of drug-likeness (QED) is 0.230. The van der Waals surface area contributed by atoms with E-state index in [0.29, 0.717) is 23.5 Å². The Morgan fingerprint density at radius 1 is 1.06 bits per heavy atom. The van der Waals surface area contributed by atoms with E-state index in [1.165, 1.54) is 27.4 Å². The zero-order valence-electron chi connectivity index (χ0n) is 29.9. The summed E-state index contributed by atoms with van der Waals surface area (Å²) < 4.78 is 27.5. The second-order valence-corrected chi connectivity index (χ2v) is 12.5. The normalized spacial score (nSPS) is 28.3. The Hall–Kier alpha value is -4.72. The van der Waals surface area contributed by atoms with Gasteiger partial charge in [0.15, 0.2) is 6.10 Å². The van der Waals surface area contributed by atoms with Crippen molar-refractivity contribution in [1.82, 2.24) is 10.6 Å². The first-order chi connectivity index (χ1) is 23.7. The molecule has 1 aromatic rings. The molecular formula is C37H49N3O10. The van der Waals surface area contributed by atoms with Gasteiger partial charge in [0.1, 0.15) is 17.6 Å². The van der Waals surface area contributed by atoms with Gasteiger partial charge >= 0.3 is 6.09 Å². The van der Waals surface area contributed by atoms with Crippen molar-refractivity contribution >= 4 is 23.6 Å². The molecule has 0 aromatic heterocycles. The summed E-state index contributed by atoms with van der Waals surface area (Å²) in [5, 5.41) is 17.1. The molecule has 13 nitrogen and oxygen atoms in total. The van der Waals surface area contributed by atoms with Crippen molar-refractivity contribution in [1.29, 1.82) is 0 Å². The van der Waals surface area contributed by atoms with E-state index in [0.717, 1.165) is 11.6 Å². The number of primary amides is 1. The molecule has 1 aliphatic heterocycles. The molecule has 0 saturated carbocycles. The number of carbonyl (C=O) groups is 4. The monoisotopic (exact) mass is 695 g/mol. The number of hydrogen-bond acceptors (Lipinski definition) is 11. The third-order valence-electron chi connectivity index (χ3n) is 8.74. The molecule has 0 fully saturated rings. The molecule has 1 aliphatic carbocycles. The van der Waals surface area contributed by atoms with Crippen molar-refractivity contribution in [2.45, 2.75) is 71.5 Å². The first-order valence-electron chi connectivity index (χ1n) is 16.3. The van der Waals surface area contributed by atoms with Crippen LogP contribution in [0, 0.1) is 11.8 Å². The number of hydrogen-bond donors (Lipinski definition) is 4. The van der Waals surface area contributed by atoms with Gasteiger partial charge in [-0.2, -0.15) is 0 Å². The van der Waals surface area contributed by atoms with Crippen LogP contribution in [0.4, 0.5) is 4.79 Å². The number of benzene rings is 1. The van der Waals surface area contributed by atoms with Crippen LogP contribution in [0.1, 0.15) is 46.1 Å². The molecule has 0 saturated heterocycles. The molecule has 0 radical (unpaired) electrons. The van der Waals surface area contributed by atoms with Gasteiger partial charge in [-0.15, -0.1) is 0 Å². The summed E-state index contributed by atoms with van der Waals surface area (Å²) in [6.07, 6.45) is 3.54. The summed E-state index contributed by atoms with van der Waals surface area (Å²) in [5.74, 6) is -1.20. The number of nitrogens with one attached hydrogen (secondary N) is 2. The van der Waals surface area contributed by atoms with Gasteiger partial charge in [0.25, 0.3) is 5.91 Å². The standard InChI is InChI=1S/C37H49N3O10/c1-20-14-26-32(39-19-24-12-13-25(46-5)17-30(24)48-7)28(41)18-27(34(26)43)40-36(44)21(2)10-9-11-29(47-6)35(50-37(38)45)23(4)16-22(3)33(42)31(15-20)49-8/h9-13,16-18,20,22,29,31,33,35,39,42H,14-15,19H2,1-8H3,(H2,38,45)(H,40,44)/b11-9-,21-10+,23-16+/t20-,22+,29+,31+,33-,35+/m1/s1. The second kappa shape index (κ2) is 18.3. The van der Waals surface area contributed by atoms with Crippen molar-refractivity contribution in [2.75, 3.05) is 28.4 Å². The van der Waals surface area contributed by atoms with Crippen molar-refractivity contribution < 1.29 is 48.0 Å². The lowest BCUT2D eigenvalue weighted by Gasteiger charge is -2.30. The number of aliphatic hydroxyl groups is 1. The Morgan fingerprint density at radius 3 is 2.40 bits per heavy atom. The Bertz CT molecular complexity index is 1590. The SMILES string of the molecule is COc1ccc(CNC2=C3C[C@@H](C)C[C@H](OC)[C@H](O)[C@@H](C)/C=C(\C)[C@H](OC(N)=O)[C@@H](OC)/C=C\C=C(/C)C(=O)NC(=CC2=O)C3=O)c(OC)c1. The van der Waals surface area contributed by atoms with Gasteiger partial charge < -0.3 is 45.2 Å². The Balaban J connectivity index is 2.07. The highest BCUT2D eigenvalue weighted by Gasteiger charge is 2.33. The van der Waals surface area contributed by atoms with E-state index >= 15 is 0 Å². The van der Waals surface area contributed by atoms with Crippen molar-refractivity contribution in [2.24, 2.45) is 17.6 Å². The van der Waals surface area contributed by atoms with Gasteiger partial charge in [-0.25, -0.2) is 4.79 Å². The van der Waals surface area contributed by atoms with Gasteiger partial charge in [0.05, 0.1) is 37.8 Å². The van der Waals surface area contributed by atoms with E-state index in [1.807, 2.05) is 6.92 Å². The number of aliphatic hydroxyl groups excluding tert-OH is 1. The van der Waals surface area contributed by atoms with E-state index in [4.69, 9.17) is 29.4 Å². The molecular weight excluding hydrogens is 646 g/mol. The maximum Gasteiger partial charge on any atom is 0.405 e. The molecule has 50 heavy (non-hydrogen) atoms. The predicted octanol–water partition coefficient (Wildman–Crippen LogP) is 3.57. The van der Waals surface area contributed by atoms with Crippen LogP contribution in [0.3, 0.4) is 0 Å². The third-order valence-corrected chi connectivity index (χ3v) is 8.74. The number of amides is 2. The fourth-order valence-corrected chi connectivity index (χ4v) is 5.96. The van der Waals surface area contributed by atoms with Crippen LogP contribution in [0.5, 0.6) is 11.5 Å². The van der Waals surface area contributed by atoms with Crippen LogP contribution in [0.25, 0.3) is 0 Å². The zero-order chi connectivity index (χ0) is 37.1. The summed E-state index contributed by atoms with van der Waals surface area (Å²) in [6.45, 7) is 7.13. The molecule has 3 rings (SSSR count). The summed E-state index contributed by atoms with van der Waals surface area (Å²) >= 11 is 0. The van der Waals surface area contributed by atoms with Crippen LogP contribution in [-0.2, 0) is 35.1 Å². The Kier molecular flexibility index (Phi) is 14.6. The number of methoxy groups -OCH3 is 4. The van der Waals surface area contributed by atoms with E-state index in [1.54, 1.807) is 64.3 Å². The topological polar surface area (TPSA) is 185 Å². The van der Waals surface area contributed by atoms with Crippen molar-refractivity contribution in [3.05, 3.63) is 82.3 Å². The van der Waals surface area contributed by atoms with Crippen LogP contribution in [0.15, 0.2) is 76.7 Å². The van der Waals surface area contributed by atoms with Crippen LogP contribution >= 0.6 is 0 Å². The van der Waals surface area contributed by atoms with Crippen molar-refractivity contribution in [3.63, 3.8) is 0 Å². The molecule has 0 spiro atoms. The molecule has 2 amide bonds. The van der Waals surface area contributed by atoms with Gasteiger partial charge in [0.2, 0.25) is 11.6 Å². The number of carbonyl (C=O) groups excluding carboxylic acids is 4. The average Bonchev–Trinajstić information content (AvgIpc) is 3.08. The minimum Gasteiger partial charge on any atom is -0.497 e. The largest absolute Gasteiger partial charge is 0.497 e. The number of allylic oxidation sites excluding steroid dienone is 4. The van der Waals surface area contributed by atoms with E-state index in [9.17, 15) is 24.3 Å². The van der Waals surface area contributed by atoms with E-state index in [2.05, 4.69) is 10.6 Å². The van der Waals surface area contributed by atoms with E-state index < -0.39 is 53.9 Å². The fraction of sp³-hybridized carbons (Fsp3) is 0.459.